The molecule has 0 unspecified atom stereocenters. The normalized spacial score (nSPS) is 13.6. The minimum Gasteiger partial charge on any atom is -0.348 e. The van der Waals surface area contributed by atoms with Gasteiger partial charge in [-0.25, -0.2) is 4.98 Å². The molecule has 1 heterocycles. The number of carbonyl (C=O) groups excluding carboxylic acids is 1. The van der Waals surface area contributed by atoms with E-state index in [-0.39, 0.29) is 11.8 Å². The molecule has 3 aromatic carbocycles. The van der Waals surface area contributed by atoms with E-state index in [1.165, 1.54) is 15.9 Å². The van der Waals surface area contributed by atoms with E-state index in [0.29, 0.717) is 12.8 Å². The van der Waals surface area contributed by atoms with E-state index >= 15 is 0 Å². The van der Waals surface area contributed by atoms with Gasteiger partial charge in [-0.2, -0.15) is 0 Å². The van der Waals surface area contributed by atoms with Gasteiger partial charge in [0, 0.05) is 30.3 Å². The second kappa shape index (κ2) is 9.30. The molecule has 0 bridgehead atoms. The van der Waals surface area contributed by atoms with Crippen molar-refractivity contribution < 1.29 is 4.79 Å². The highest BCUT2D eigenvalue weighted by Crippen LogP contribution is 2.26. The van der Waals surface area contributed by atoms with Gasteiger partial charge in [-0.05, 0) is 27.6 Å². The van der Waals surface area contributed by atoms with Crippen LogP contribution in [0.2, 0.25) is 0 Å². The lowest BCUT2D eigenvalue weighted by Crippen LogP contribution is -2.60. The number of carbonyl (C=O) groups is 1. The van der Waals surface area contributed by atoms with Gasteiger partial charge in [0.15, 0.2) is 5.78 Å². The third-order valence-corrected chi connectivity index (χ3v) is 8.28. The second-order valence-electron chi connectivity index (χ2n) is 7.99. The Labute approximate surface area is 189 Å². The van der Waals surface area contributed by atoms with Crippen LogP contribution in [0.3, 0.4) is 0 Å². The summed E-state index contributed by atoms with van der Waals surface area (Å²) in [6.07, 6.45) is 6.78. The first kappa shape index (κ1) is 20.4. The van der Waals surface area contributed by atoms with Crippen molar-refractivity contribution in [3.8, 4) is 0 Å². The van der Waals surface area contributed by atoms with Gasteiger partial charge in [-0.15, -0.1) is 0 Å². The number of aromatic nitrogens is 2. The van der Waals surface area contributed by atoms with Crippen LogP contribution in [0.1, 0.15) is 16.8 Å². The monoisotopic (exact) mass is 434 g/mol. The van der Waals surface area contributed by atoms with Gasteiger partial charge in [0.25, 0.3) is 0 Å². The van der Waals surface area contributed by atoms with Crippen LogP contribution in [0.25, 0.3) is 6.08 Å². The van der Waals surface area contributed by atoms with Gasteiger partial charge >= 0.3 is 0 Å². The first-order valence-corrected chi connectivity index (χ1v) is 12.3. The van der Waals surface area contributed by atoms with Crippen molar-refractivity contribution in [2.45, 2.75) is 18.9 Å². The fourth-order valence-electron chi connectivity index (χ4n) is 4.20. The molecular formula is C27H24N3OSi. The zero-order valence-corrected chi connectivity index (χ0v) is 18.7. The fourth-order valence-corrected chi connectivity index (χ4v) is 6.50. The standard InChI is InChI=1S/C27H24N3OSi/c31-27(22-15-20-9-7-8-10-21(20)16-22)26(17-23-18-28-19-29-23)30-32(24-11-3-1-4-12-24)25-13-5-2-6-14-25/h1-15,18-19,26,30H,16-17H2,(H,28,29)/t26-/m0/s1. The Balaban J connectivity index is 1.48. The van der Waals surface area contributed by atoms with Crippen LogP contribution in [0.4, 0.5) is 0 Å². The van der Waals surface area contributed by atoms with Crippen LogP contribution in [-0.4, -0.2) is 30.8 Å². The van der Waals surface area contributed by atoms with Crippen LogP contribution in [0, 0.1) is 0 Å². The lowest BCUT2D eigenvalue weighted by atomic mass is 10.00. The average Bonchev–Trinajstić information content (AvgIpc) is 3.52. The minimum atomic E-state index is -1.37. The summed E-state index contributed by atoms with van der Waals surface area (Å²) in [5.74, 6) is 0.158. The van der Waals surface area contributed by atoms with E-state index in [4.69, 9.17) is 0 Å². The number of Topliss-reactive ketones (excluding diaryl/α,β-unsaturated/α-hetero) is 1. The number of H-pyrrole nitrogens is 1. The number of imidazole rings is 1. The van der Waals surface area contributed by atoms with E-state index in [1.807, 2.05) is 24.3 Å². The Morgan fingerprint density at radius 1 is 0.938 bits per heavy atom. The second-order valence-corrected chi connectivity index (χ2v) is 10.2. The number of rotatable bonds is 8. The maximum absolute atomic E-state index is 13.8. The molecule has 1 aliphatic rings. The first-order chi connectivity index (χ1) is 15.8. The predicted molar refractivity (Wildman–Crippen MR) is 130 cm³/mol. The van der Waals surface area contributed by atoms with Gasteiger partial charge in [-0.1, -0.05) is 84.9 Å². The van der Waals surface area contributed by atoms with E-state index in [9.17, 15) is 4.79 Å². The summed E-state index contributed by atoms with van der Waals surface area (Å²) in [5.41, 5.74) is 4.18. The maximum atomic E-state index is 13.8. The number of hydrogen-bond acceptors (Lipinski definition) is 3. The van der Waals surface area contributed by atoms with Gasteiger partial charge in [0.05, 0.1) is 12.4 Å². The summed E-state index contributed by atoms with van der Waals surface area (Å²) in [4.78, 5) is 24.9. The van der Waals surface area contributed by atoms with Crippen molar-refractivity contribution >= 4 is 31.2 Å². The van der Waals surface area contributed by atoms with Crippen molar-refractivity contribution in [2.24, 2.45) is 0 Å². The number of hydrogen-bond donors (Lipinski definition) is 2. The van der Waals surface area contributed by atoms with Gasteiger partial charge in [0.1, 0.15) is 0 Å². The molecular weight excluding hydrogens is 410 g/mol. The molecule has 4 nitrogen and oxygen atoms in total. The molecule has 1 aliphatic carbocycles. The number of benzene rings is 3. The molecule has 157 valence electrons. The zero-order valence-electron chi connectivity index (χ0n) is 17.7. The topological polar surface area (TPSA) is 57.8 Å². The molecule has 2 N–H and O–H groups in total. The summed E-state index contributed by atoms with van der Waals surface area (Å²) < 4.78 is 0. The quantitative estimate of drug-likeness (QED) is 0.419. The highest BCUT2D eigenvalue weighted by atomic mass is 28.3. The van der Waals surface area contributed by atoms with E-state index in [1.54, 1.807) is 12.5 Å². The predicted octanol–water partition coefficient (Wildman–Crippen LogP) is 2.93. The van der Waals surface area contributed by atoms with Gasteiger partial charge < -0.3 is 9.97 Å². The van der Waals surface area contributed by atoms with Crippen molar-refractivity contribution in [2.75, 3.05) is 0 Å². The molecule has 1 radical (unpaired) electrons. The van der Waals surface area contributed by atoms with Gasteiger partial charge in [-0.3, -0.25) is 4.79 Å². The Morgan fingerprint density at radius 2 is 1.59 bits per heavy atom. The molecule has 1 aromatic heterocycles. The van der Waals surface area contributed by atoms with Gasteiger partial charge in [0.2, 0.25) is 8.96 Å². The summed E-state index contributed by atoms with van der Waals surface area (Å²) in [6, 6.07) is 28.8. The fraction of sp³-hybridized carbons (Fsp3) is 0.111. The molecule has 0 saturated carbocycles. The molecule has 0 aliphatic heterocycles. The van der Waals surface area contributed by atoms with E-state index < -0.39 is 8.96 Å². The molecule has 0 spiro atoms. The van der Waals surface area contributed by atoms with E-state index in [2.05, 4.69) is 81.7 Å². The Bertz CT molecular complexity index is 1180. The largest absolute Gasteiger partial charge is 0.348 e. The van der Waals surface area contributed by atoms with E-state index in [0.717, 1.165) is 16.8 Å². The molecule has 5 rings (SSSR count). The van der Waals surface area contributed by atoms with Crippen LogP contribution < -0.4 is 15.4 Å². The lowest BCUT2D eigenvalue weighted by molar-refractivity contribution is -0.117. The minimum absolute atomic E-state index is 0.158. The zero-order chi connectivity index (χ0) is 21.8. The number of aromatic amines is 1. The smallest absolute Gasteiger partial charge is 0.206 e. The third-order valence-electron chi connectivity index (χ3n) is 5.82. The summed E-state index contributed by atoms with van der Waals surface area (Å²) in [7, 11) is -1.37. The highest BCUT2D eigenvalue weighted by Gasteiger charge is 2.30. The highest BCUT2D eigenvalue weighted by molar-refractivity contribution is 6.83. The Morgan fingerprint density at radius 3 is 2.22 bits per heavy atom. The average molecular weight is 435 g/mol. The maximum Gasteiger partial charge on any atom is 0.206 e. The Kier molecular flexibility index (Phi) is 5.92. The molecule has 0 amide bonds. The first-order valence-electron chi connectivity index (χ1n) is 10.8. The third kappa shape index (κ3) is 4.40. The number of nitrogens with one attached hydrogen (secondary N) is 2. The lowest BCUT2D eigenvalue weighted by Gasteiger charge is -2.24. The van der Waals surface area contributed by atoms with Crippen LogP contribution in [-0.2, 0) is 17.6 Å². The molecule has 1 atom stereocenters. The summed E-state index contributed by atoms with van der Waals surface area (Å²) in [5, 5.41) is 2.46. The number of nitrogens with zero attached hydrogens (tertiary/aromatic N) is 1. The SMILES string of the molecule is O=C(C1=Cc2ccccc2C1)[C@H](Cc1cnc[nH]1)N[Si](c1ccccc1)c1ccccc1. The van der Waals surface area contributed by atoms with Crippen LogP contribution in [0.15, 0.2) is 103 Å². The van der Waals surface area contributed by atoms with Crippen molar-refractivity contribution in [1.82, 2.24) is 15.0 Å². The van der Waals surface area contributed by atoms with Crippen LogP contribution in [0.5, 0.6) is 0 Å². The molecule has 0 fully saturated rings. The summed E-state index contributed by atoms with van der Waals surface area (Å²) >= 11 is 0. The number of ketones is 1. The number of fused-ring (bicyclic) bond motifs is 1. The molecule has 4 aromatic rings. The van der Waals surface area contributed by atoms with Crippen LogP contribution >= 0.6 is 0 Å². The molecule has 0 saturated heterocycles. The molecule has 32 heavy (non-hydrogen) atoms. The molecule has 5 heteroatoms. The van der Waals surface area contributed by atoms with Crippen molar-refractivity contribution in [3.05, 3.63) is 120 Å². The van der Waals surface area contributed by atoms with Crippen molar-refractivity contribution in [1.29, 1.82) is 0 Å². The summed E-state index contributed by atoms with van der Waals surface area (Å²) in [6.45, 7) is 0. The Hall–Kier alpha value is -3.54. The van der Waals surface area contributed by atoms with Crippen molar-refractivity contribution in [3.63, 3.8) is 0 Å².